The van der Waals surface area contributed by atoms with Crippen LogP contribution in [0.2, 0.25) is 0 Å². The SMILES string of the molecule is CC1CN([C@H]2CCN(c3ccc(S(=O)(=O)Nc4nccs4)cc3)C2=O)c2ccccc21. The summed E-state index contributed by atoms with van der Waals surface area (Å²) in [4.78, 5) is 21.3. The van der Waals surface area contributed by atoms with E-state index in [9.17, 15) is 13.2 Å². The summed E-state index contributed by atoms with van der Waals surface area (Å²) in [5.41, 5.74) is 3.14. The van der Waals surface area contributed by atoms with Gasteiger partial charge >= 0.3 is 0 Å². The Balaban J connectivity index is 1.33. The minimum Gasteiger partial charge on any atom is -0.359 e. The number of carbonyl (C=O) groups excluding carboxylic acids is 1. The number of hydrogen-bond donors (Lipinski definition) is 1. The molecule has 0 aliphatic carbocycles. The molecule has 1 saturated heterocycles. The maximum absolute atomic E-state index is 13.2. The topological polar surface area (TPSA) is 82.6 Å². The third-order valence-corrected chi connectivity index (χ3v) is 8.09. The first-order valence-electron chi connectivity index (χ1n) is 10.1. The van der Waals surface area contributed by atoms with Gasteiger partial charge in [-0.1, -0.05) is 25.1 Å². The third-order valence-electron chi connectivity index (χ3n) is 5.91. The van der Waals surface area contributed by atoms with Gasteiger partial charge in [0.05, 0.1) is 4.90 Å². The molecule has 5 rings (SSSR count). The van der Waals surface area contributed by atoms with E-state index in [2.05, 4.69) is 33.7 Å². The molecular formula is C22H22N4O3S2. The van der Waals surface area contributed by atoms with E-state index in [0.717, 1.165) is 18.7 Å². The Labute approximate surface area is 185 Å². The highest BCUT2D eigenvalue weighted by molar-refractivity contribution is 7.93. The fraction of sp³-hybridized carbons (Fsp3) is 0.273. The minimum absolute atomic E-state index is 0.0559. The summed E-state index contributed by atoms with van der Waals surface area (Å²) in [5, 5.41) is 2.03. The van der Waals surface area contributed by atoms with E-state index in [1.807, 2.05) is 12.1 Å². The number of para-hydroxylation sites is 1. The molecule has 2 aliphatic heterocycles. The van der Waals surface area contributed by atoms with Gasteiger partial charge in [-0.3, -0.25) is 9.52 Å². The summed E-state index contributed by atoms with van der Waals surface area (Å²) < 4.78 is 27.5. The lowest BCUT2D eigenvalue weighted by Gasteiger charge is -2.26. The number of amides is 1. The fourth-order valence-corrected chi connectivity index (χ4v) is 6.20. The molecule has 31 heavy (non-hydrogen) atoms. The van der Waals surface area contributed by atoms with Crippen LogP contribution in [-0.2, 0) is 14.8 Å². The molecule has 1 aromatic heterocycles. The lowest BCUT2D eigenvalue weighted by Crippen LogP contribution is -2.41. The number of fused-ring (bicyclic) bond motifs is 1. The highest BCUT2D eigenvalue weighted by Gasteiger charge is 2.40. The molecule has 3 heterocycles. The summed E-state index contributed by atoms with van der Waals surface area (Å²) in [6, 6.07) is 14.5. The van der Waals surface area contributed by atoms with Crippen molar-refractivity contribution in [2.75, 3.05) is 27.6 Å². The van der Waals surface area contributed by atoms with Gasteiger partial charge in [-0.2, -0.15) is 0 Å². The number of nitrogens with zero attached hydrogens (tertiary/aromatic N) is 3. The Hall–Kier alpha value is -2.91. The summed E-state index contributed by atoms with van der Waals surface area (Å²) >= 11 is 1.22. The van der Waals surface area contributed by atoms with Crippen LogP contribution in [0.15, 0.2) is 65.0 Å². The van der Waals surface area contributed by atoms with Crippen LogP contribution in [-0.4, -0.2) is 38.4 Å². The number of nitrogens with one attached hydrogen (secondary N) is 1. The molecule has 0 radical (unpaired) electrons. The normalized spacial score (nSPS) is 20.9. The second-order valence-electron chi connectivity index (χ2n) is 7.84. The van der Waals surface area contributed by atoms with E-state index in [-0.39, 0.29) is 16.8 Å². The van der Waals surface area contributed by atoms with E-state index in [0.29, 0.717) is 23.3 Å². The fourth-order valence-electron chi connectivity index (χ4n) is 4.42. The molecule has 160 valence electrons. The maximum atomic E-state index is 13.2. The van der Waals surface area contributed by atoms with E-state index < -0.39 is 10.0 Å². The lowest BCUT2D eigenvalue weighted by molar-refractivity contribution is -0.118. The molecule has 1 fully saturated rings. The maximum Gasteiger partial charge on any atom is 0.263 e. The number of carbonyl (C=O) groups is 1. The van der Waals surface area contributed by atoms with Crippen LogP contribution in [0, 0.1) is 0 Å². The van der Waals surface area contributed by atoms with Crippen molar-refractivity contribution in [3.8, 4) is 0 Å². The first-order valence-corrected chi connectivity index (χ1v) is 12.5. The molecule has 0 saturated carbocycles. The van der Waals surface area contributed by atoms with Gasteiger partial charge in [-0.15, -0.1) is 11.3 Å². The van der Waals surface area contributed by atoms with Crippen molar-refractivity contribution in [2.24, 2.45) is 0 Å². The van der Waals surface area contributed by atoms with Crippen LogP contribution in [0.3, 0.4) is 0 Å². The summed E-state index contributed by atoms with van der Waals surface area (Å²) in [5.74, 6) is 0.452. The van der Waals surface area contributed by atoms with Gasteiger partial charge in [0, 0.05) is 42.0 Å². The number of anilines is 3. The predicted molar refractivity (Wildman–Crippen MR) is 122 cm³/mol. The largest absolute Gasteiger partial charge is 0.359 e. The molecule has 1 unspecified atom stereocenters. The first kappa shape index (κ1) is 20.0. The highest BCUT2D eigenvalue weighted by Crippen LogP contribution is 2.39. The number of aromatic nitrogens is 1. The van der Waals surface area contributed by atoms with Gasteiger partial charge in [-0.05, 0) is 42.3 Å². The Morgan fingerprint density at radius 2 is 1.90 bits per heavy atom. The third kappa shape index (κ3) is 3.57. The second kappa shape index (κ2) is 7.65. The molecule has 0 spiro atoms. The molecular weight excluding hydrogens is 432 g/mol. The molecule has 2 aliphatic rings. The van der Waals surface area contributed by atoms with Gasteiger partial charge in [-0.25, -0.2) is 13.4 Å². The number of rotatable bonds is 5. The second-order valence-corrected chi connectivity index (χ2v) is 10.4. The molecule has 1 amide bonds. The van der Waals surface area contributed by atoms with Gasteiger partial charge in [0.15, 0.2) is 5.13 Å². The van der Waals surface area contributed by atoms with E-state index >= 15 is 0 Å². The highest BCUT2D eigenvalue weighted by atomic mass is 32.2. The number of thiazole rings is 1. The monoisotopic (exact) mass is 454 g/mol. The smallest absolute Gasteiger partial charge is 0.263 e. The first-order chi connectivity index (χ1) is 14.9. The van der Waals surface area contributed by atoms with Gasteiger partial charge < -0.3 is 9.80 Å². The van der Waals surface area contributed by atoms with Crippen LogP contribution in [0.25, 0.3) is 0 Å². The minimum atomic E-state index is -3.71. The zero-order valence-electron chi connectivity index (χ0n) is 16.9. The molecule has 2 atom stereocenters. The molecule has 9 heteroatoms. The molecule has 2 aromatic carbocycles. The number of benzene rings is 2. The van der Waals surface area contributed by atoms with Gasteiger partial charge in [0.2, 0.25) is 5.91 Å². The number of hydrogen-bond acceptors (Lipinski definition) is 6. The van der Waals surface area contributed by atoms with Crippen LogP contribution in [0.4, 0.5) is 16.5 Å². The summed E-state index contributed by atoms with van der Waals surface area (Å²) in [6.45, 7) is 3.64. The average Bonchev–Trinajstić information content (AvgIpc) is 3.48. The Bertz CT molecular complexity index is 1210. The van der Waals surface area contributed by atoms with E-state index in [1.54, 1.807) is 28.6 Å². The standard InChI is InChI=1S/C22H22N4O3S2/c1-15-14-26(19-5-3-2-4-18(15)19)20-10-12-25(21(20)27)16-6-8-17(9-7-16)31(28,29)24-22-23-11-13-30-22/h2-9,11,13,15,20H,10,12,14H2,1H3,(H,23,24)/t15?,20-/m0/s1. The van der Waals surface area contributed by atoms with Crippen molar-refractivity contribution in [1.82, 2.24) is 4.98 Å². The molecule has 3 aromatic rings. The summed E-state index contributed by atoms with van der Waals surface area (Å²) in [6.07, 6.45) is 2.28. The van der Waals surface area contributed by atoms with Crippen LogP contribution in [0.1, 0.15) is 24.8 Å². The quantitative estimate of drug-likeness (QED) is 0.636. The van der Waals surface area contributed by atoms with Crippen LogP contribution >= 0.6 is 11.3 Å². The average molecular weight is 455 g/mol. The van der Waals surface area contributed by atoms with Crippen molar-refractivity contribution in [2.45, 2.75) is 30.2 Å². The van der Waals surface area contributed by atoms with Crippen molar-refractivity contribution >= 4 is 43.8 Å². The lowest BCUT2D eigenvalue weighted by atomic mass is 10.0. The van der Waals surface area contributed by atoms with Gasteiger partial charge in [0.25, 0.3) is 10.0 Å². The van der Waals surface area contributed by atoms with Crippen molar-refractivity contribution < 1.29 is 13.2 Å². The van der Waals surface area contributed by atoms with Crippen molar-refractivity contribution in [3.05, 3.63) is 65.7 Å². The Morgan fingerprint density at radius 1 is 1.13 bits per heavy atom. The molecule has 1 N–H and O–H groups in total. The van der Waals surface area contributed by atoms with Crippen LogP contribution in [0.5, 0.6) is 0 Å². The predicted octanol–water partition coefficient (Wildman–Crippen LogP) is 3.67. The zero-order chi connectivity index (χ0) is 21.6. The number of sulfonamides is 1. The molecule has 7 nitrogen and oxygen atoms in total. The summed E-state index contributed by atoms with van der Waals surface area (Å²) in [7, 11) is -3.71. The van der Waals surface area contributed by atoms with Crippen molar-refractivity contribution in [3.63, 3.8) is 0 Å². The zero-order valence-corrected chi connectivity index (χ0v) is 18.6. The van der Waals surface area contributed by atoms with Crippen molar-refractivity contribution in [1.29, 1.82) is 0 Å². The molecule has 0 bridgehead atoms. The van der Waals surface area contributed by atoms with E-state index in [4.69, 9.17) is 0 Å². The van der Waals surface area contributed by atoms with Gasteiger partial charge in [0.1, 0.15) is 6.04 Å². The van der Waals surface area contributed by atoms with Crippen LogP contribution < -0.4 is 14.5 Å². The Morgan fingerprint density at radius 3 is 2.65 bits per heavy atom. The van der Waals surface area contributed by atoms with E-state index in [1.165, 1.54) is 29.0 Å². The Kier molecular flexibility index (Phi) is 4.94.